The van der Waals surface area contributed by atoms with Crippen LogP contribution in [0.15, 0.2) is 23.1 Å². The van der Waals surface area contributed by atoms with Crippen molar-refractivity contribution in [3.05, 3.63) is 34.7 Å². The van der Waals surface area contributed by atoms with E-state index >= 15 is 0 Å². The number of nitrogens with two attached hydrogens (primary N) is 1. The van der Waals surface area contributed by atoms with Crippen LogP contribution >= 0.6 is 7.82 Å². The molecule has 0 aliphatic carbocycles. The Morgan fingerprint density at radius 3 is 1.59 bits per heavy atom. The fourth-order valence-electron chi connectivity index (χ4n) is 8.00. The normalized spacial score (nSPS) is 17.3. The van der Waals surface area contributed by atoms with Crippen molar-refractivity contribution < 1.29 is 51.8 Å². The van der Waals surface area contributed by atoms with Gasteiger partial charge in [0.05, 0.1) is 19.4 Å². The van der Waals surface area contributed by atoms with E-state index < -0.39 is 74.8 Å². The number of hydrogen-bond acceptors (Lipinski definition) is 12. The van der Waals surface area contributed by atoms with Gasteiger partial charge in [-0.25, -0.2) is 13.8 Å². The predicted octanol–water partition coefficient (Wildman–Crippen LogP) is 11.5. The third-order valence-corrected chi connectivity index (χ3v) is 13.0. The molecule has 4 N–H and O–H groups in total. The second-order valence-electron chi connectivity index (χ2n) is 18.0. The first-order valence-corrected chi connectivity index (χ1v) is 26.9. The van der Waals surface area contributed by atoms with E-state index in [1.54, 1.807) is 0 Å². The number of aliphatic hydroxyl groups is 1. The number of carbonyl (C=O) groups excluding carboxylic acids is 2. The van der Waals surface area contributed by atoms with Crippen molar-refractivity contribution in [2.24, 2.45) is 0 Å². The summed E-state index contributed by atoms with van der Waals surface area (Å²) in [4.78, 5) is 51.7. The van der Waals surface area contributed by atoms with Crippen molar-refractivity contribution in [2.75, 3.05) is 25.6 Å². The van der Waals surface area contributed by atoms with E-state index in [1.165, 1.54) is 141 Å². The molecular weight excluding hydrogens is 880 g/mol. The number of hydrogen-bond donors (Lipinski definition) is 3. The largest absolute Gasteiger partial charge is 0.472 e. The van der Waals surface area contributed by atoms with Gasteiger partial charge in [0.2, 0.25) is 0 Å². The van der Waals surface area contributed by atoms with Gasteiger partial charge in [-0.05, 0) is 12.8 Å². The third-order valence-electron chi connectivity index (χ3n) is 12.1. The molecule has 0 amide bonds. The molecule has 0 spiro atoms. The average molecular weight is 967 g/mol. The zero-order valence-corrected chi connectivity index (χ0v) is 44.1. The van der Waals surface area contributed by atoms with Crippen LogP contribution < -0.4 is 11.4 Å². The Bertz CT molecular complexity index is 1560. The molecule has 1 aliphatic rings. The Morgan fingerprint density at radius 1 is 0.742 bits per heavy atom. The fraction of sp³-hybridized carbons (Fsp3) is 0.837. The Labute approximate surface area is 418 Å². The van der Waals surface area contributed by atoms with E-state index in [0.29, 0.717) is 12.8 Å². The Balaban J connectivity index is 0.0000218. The number of phosphoric acid groups is 1. The summed E-state index contributed by atoms with van der Waals surface area (Å²) in [7, 11) is -4.86. The molecule has 1 unspecified atom stereocenters. The Hall–Kier alpha value is -1.68. The number of nitrogens with zero attached hydrogens (tertiary/aromatic N) is 2. The summed E-state index contributed by atoms with van der Waals surface area (Å²) in [6.07, 6.45) is 31.8. The van der Waals surface area contributed by atoms with Gasteiger partial charge >= 0.3 is 25.5 Å². The second kappa shape index (κ2) is 39.1. The summed E-state index contributed by atoms with van der Waals surface area (Å²) >= 11 is 0. The maximum Gasteiger partial charge on any atom is 0.472 e. The van der Waals surface area contributed by atoms with Crippen LogP contribution in [-0.2, 0) is 37.4 Å². The maximum absolute atomic E-state index is 14.1. The molecule has 66 heavy (non-hydrogen) atoms. The monoisotopic (exact) mass is 967 g/mol. The summed E-state index contributed by atoms with van der Waals surface area (Å²) in [5.74, 6) is -2.62. The summed E-state index contributed by atoms with van der Waals surface area (Å²) in [6.45, 7) is 6.49. The first-order valence-electron chi connectivity index (χ1n) is 25.4. The van der Waals surface area contributed by atoms with Gasteiger partial charge in [0.15, 0.2) is 24.0 Å². The van der Waals surface area contributed by atoms with Gasteiger partial charge < -0.3 is 29.9 Å². The van der Waals surface area contributed by atoms with E-state index in [2.05, 4.69) is 25.4 Å². The number of nitrogen functional groups attached to an aromatic ring is 1. The van der Waals surface area contributed by atoms with Crippen LogP contribution in [0, 0.1) is 5.82 Å². The average Bonchev–Trinajstić information content (AvgIpc) is 3.56. The van der Waals surface area contributed by atoms with E-state index in [9.17, 15) is 33.3 Å². The van der Waals surface area contributed by atoms with Crippen LogP contribution in [0.2, 0.25) is 0 Å². The molecule has 1 aromatic heterocycles. The van der Waals surface area contributed by atoms with Crippen molar-refractivity contribution in [2.45, 2.75) is 244 Å². The van der Waals surface area contributed by atoms with Gasteiger partial charge in [-0.2, -0.15) is 4.98 Å². The van der Waals surface area contributed by atoms with Gasteiger partial charge in [-0.15, -0.1) is 0 Å². The molecule has 0 aromatic carbocycles. The molecule has 377 valence electrons. The summed E-state index contributed by atoms with van der Waals surface area (Å²) in [6, 6.07) is 0. The first-order chi connectivity index (χ1) is 31.4. The van der Waals surface area contributed by atoms with E-state index in [-0.39, 0.29) is 54.6 Å². The van der Waals surface area contributed by atoms with Crippen molar-refractivity contribution in [1.29, 1.82) is 0 Å². The van der Waals surface area contributed by atoms with Gasteiger partial charge in [0.25, 0.3) is 0 Å². The zero-order valence-electron chi connectivity index (χ0n) is 41.2. The molecule has 1 aromatic rings. The first kappa shape index (κ1) is 62.3. The zero-order chi connectivity index (χ0) is 47.5. The topological polar surface area (TPSA) is 199 Å². The molecular formula is C49H87FN3NaO11P. The van der Waals surface area contributed by atoms with Crippen LogP contribution in [0.5, 0.6) is 0 Å². The summed E-state index contributed by atoms with van der Waals surface area (Å²) < 4.78 is 54.6. The molecule has 1 fully saturated rings. The van der Waals surface area contributed by atoms with Gasteiger partial charge in [-0.3, -0.25) is 23.2 Å². The number of anilines is 1. The summed E-state index contributed by atoms with van der Waals surface area (Å²) in [5, 5.41) is 10.7. The minimum Gasteiger partial charge on any atom is -0.462 e. The summed E-state index contributed by atoms with van der Waals surface area (Å²) in [5.41, 5.74) is 4.35. The number of carbonyl (C=O) groups is 2. The molecule has 17 heteroatoms. The molecule has 5 atom stereocenters. The smallest absolute Gasteiger partial charge is 0.462 e. The molecule has 1 radical (unpaired) electrons. The van der Waals surface area contributed by atoms with Crippen LogP contribution in [0.3, 0.4) is 0 Å². The number of phosphoric ester groups is 1. The number of esters is 2. The Morgan fingerprint density at radius 2 is 1.15 bits per heavy atom. The van der Waals surface area contributed by atoms with Crippen molar-refractivity contribution in [1.82, 2.24) is 9.55 Å². The number of rotatable bonds is 42. The van der Waals surface area contributed by atoms with E-state index in [4.69, 9.17) is 29.0 Å². The molecule has 0 saturated carbocycles. The van der Waals surface area contributed by atoms with Crippen LogP contribution in [0.4, 0.5) is 10.2 Å². The molecule has 14 nitrogen and oxygen atoms in total. The van der Waals surface area contributed by atoms with E-state index in [0.717, 1.165) is 49.3 Å². The minimum absolute atomic E-state index is 0. The molecule has 0 bridgehead atoms. The molecule has 1 saturated heterocycles. The number of halogens is 1. The standard InChI is InChI=1S/C49H87FN3O11P.Na/c1-4-6-8-10-12-14-16-18-20-22-24-26-28-30-32-34-44(54)60-37-41(63-45(55)35-33-31-29-27-25-23-21-19-17-15-13-11-9-7-5-2)38-61-65(58,59)62-39-43-46(56)40(3)48(64-43)53-36-42(50)47(51)52-49(53)57;/h36,41,43,46,48,56H,3-35,37-39H2,1-2H3,(H,58,59)(H2,51,52,57);/t41-,43-,46+,48-;/m1./s1. The second-order valence-corrected chi connectivity index (χ2v) is 19.4. The van der Waals surface area contributed by atoms with Crippen LogP contribution in [-0.4, -0.2) is 99.2 Å². The maximum atomic E-state index is 14.1. The van der Waals surface area contributed by atoms with Gasteiger partial charge in [-0.1, -0.05) is 200 Å². The van der Waals surface area contributed by atoms with Crippen molar-refractivity contribution >= 4 is 55.1 Å². The fourth-order valence-corrected chi connectivity index (χ4v) is 8.76. The molecule has 1 aliphatic heterocycles. The molecule has 2 rings (SSSR count). The number of aliphatic hydroxyl groups excluding tert-OH is 1. The predicted molar refractivity (Wildman–Crippen MR) is 259 cm³/mol. The number of ether oxygens (including phenoxy) is 3. The quantitative estimate of drug-likeness (QED) is 0.0184. The van der Waals surface area contributed by atoms with Gasteiger partial charge in [0.1, 0.15) is 18.8 Å². The third kappa shape index (κ3) is 29.4. The Kier molecular flexibility index (Phi) is 36.9. The minimum atomic E-state index is -4.86. The molecule has 2 heterocycles. The van der Waals surface area contributed by atoms with Crippen molar-refractivity contribution in [3.63, 3.8) is 0 Å². The number of aromatic nitrogens is 2. The SMILES string of the molecule is C=C1[C@H](n2cc(F)c(N)nc2=O)O[C@H](COP(=O)(O)OC[C@@H](COC(=O)CCCCCCCCCCCCCCCCC)OC(=O)CCCCCCCCCCCCCCCCC)[C@H]1O.[Na]. The van der Waals surface area contributed by atoms with Crippen molar-refractivity contribution in [3.8, 4) is 0 Å². The van der Waals surface area contributed by atoms with Crippen LogP contribution in [0.1, 0.15) is 226 Å². The van der Waals surface area contributed by atoms with E-state index in [1.807, 2.05) is 0 Å². The number of unbranched alkanes of at least 4 members (excludes halogenated alkanes) is 28. The van der Waals surface area contributed by atoms with Gasteiger partial charge in [0, 0.05) is 48.0 Å². The van der Waals surface area contributed by atoms with Crippen LogP contribution in [0.25, 0.3) is 0 Å².